The zero-order valence-electron chi connectivity index (χ0n) is 15.6. The number of likely N-dealkylation sites (tertiary alicyclic amines) is 1. The lowest BCUT2D eigenvalue weighted by molar-refractivity contribution is -0.130. The molecule has 0 aliphatic carbocycles. The molecule has 1 saturated heterocycles. The first-order valence-corrected chi connectivity index (χ1v) is 9.50. The van der Waals surface area contributed by atoms with Crippen LogP contribution in [0.3, 0.4) is 0 Å². The first-order chi connectivity index (χ1) is 13.1. The molecule has 2 aromatic rings. The van der Waals surface area contributed by atoms with E-state index < -0.39 is 0 Å². The molecular formula is C19H24N6O2. The van der Waals surface area contributed by atoms with Crippen LogP contribution in [0.2, 0.25) is 0 Å². The van der Waals surface area contributed by atoms with Crippen LogP contribution < -0.4 is 0 Å². The first-order valence-electron chi connectivity index (χ1n) is 9.50. The van der Waals surface area contributed by atoms with Crippen LogP contribution in [-0.4, -0.2) is 61.0 Å². The highest BCUT2D eigenvalue weighted by Gasteiger charge is 2.28. The van der Waals surface area contributed by atoms with Gasteiger partial charge in [0, 0.05) is 76.1 Å². The van der Waals surface area contributed by atoms with Crippen molar-refractivity contribution in [3.8, 4) is 0 Å². The fourth-order valence-electron chi connectivity index (χ4n) is 3.97. The molecule has 142 valence electrons. The second kappa shape index (κ2) is 7.46. The summed E-state index contributed by atoms with van der Waals surface area (Å²) >= 11 is 0. The van der Waals surface area contributed by atoms with Crippen molar-refractivity contribution in [2.24, 2.45) is 7.05 Å². The Bertz CT molecular complexity index is 841. The van der Waals surface area contributed by atoms with E-state index in [9.17, 15) is 9.59 Å². The molecule has 0 unspecified atom stereocenters. The van der Waals surface area contributed by atoms with Crippen LogP contribution in [0.15, 0.2) is 18.6 Å². The van der Waals surface area contributed by atoms with E-state index in [1.165, 1.54) is 12.4 Å². The summed E-state index contributed by atoms with van der Waals surface area (Å²) in [7, 11) is 1.94. The summed E-state index contributed by atoms with van der Waals surface area (Å²) < 4.78 is 1.90. The first kappa shape index (κ1) is 17.6. The van der Waals surface area contributed by atoms with Crippen molar-refractivity contribution >= 4 is 11.8 Å². The van der Waals surface area contributed by atoms with E-state index in [2.05, 4.69) is 15.1 Å². The highest BCUT2D eigenvalue weighted by molar-refractivity contribution is 5.92. The Morgan fingerprint density at radius 3 is 2.67 bits per heavy atom. The number of hydrogen-bond donors (Lipinski definition) is 0. The van der Waals surface area contributed by atoms with Gasteiger partial charge in [0.1, 0.15) is 5.69 Å². The van der Waals surface area contributed by atoms with Gasteiger partial charge in [0.05, 0.1) is 11.9 Å². The van der Waals surface area contributed by atoms with Crippen molar-refractivity contribution in [1.29, 1.82) is 0 Å². The average Bonchev–Trinajstić information content (AvgIpc) is 3.35. The molecule has 0 N–H and O–H groups in total. The molecule has 0 radical (unpaired) electrons. The van der Waals surface area contributed by atoms with E-state index in [0.29, 0.717) is 31.6 Å². The number of aromatic nitrogens is 4. The van der Waals surface area contributed by atoms with Gasteiger partial charge in [-0.05, 0) is 12.8 Å². The van der Waals surface area contributed by atoms with Gasteiger partial charge in [-0.2, -0.15) is 5.10 Å². The van der Waals surface area contributed by atoms with Gasteiger partial charge in [-0.1, -0.05) is 0 Å². The Balaban J connectivity index is 1.47. The molecule has 0 bridgehead atoms. The molecule has 2 aliphatic heterocycles. The third-order valence-electron chi connectivity index (χ3n) is 5.43. The van der Waals surface area contributed by atoms with Gasteiger partial charge < -0.3 is 9.80 Å². The molecule has 8 nitrogen and oxygen atoms in total. The quantitative estimate of drug-likeness (QED) is 0.803. The summed E-state index contributed by atoms with van der Waals surface area (Å²) in [4.78, 5) is 36.9. The Kier molecular flexibility index (Phi) is 4.87. The van der Waals surface area contributed by atoms with Crippen LogP contribution in [0.5, 0.6) is 0 Å². The van der Waals surface area contributed by atoms with Crippen molar-refractivity contribution in [3.63, 3.8) is 0 Å². The molecule has 0 saturated carbocycles. The number of nitrogens with zero attached hydrogens (tertiary/aromatic N) is 6. The van der Waals surface area contributed by atoms with E-state index in [0.717, 1.165) is 49.3 Å². The standard InChI is InChI=1S/C19H24N6O2/c1-23-17-6-11-25(19(27)16-12-20-7-8-21-16)13-14(17)15(22-23)4-5-18(26)24-9-2-3-10-24/h7-8,12H,2-6,9-11,13H2,1H3. The van der Waals surface area contributed by atoms with E-state index in [1.54, 1.807) is 11.1 Å². The summed E-state index contributed by atoms with van der Waals surface area (Å²) in [6, 6.07) is 0. The maximum Gasteiger partial charge on any atom is 0.274 e. The summed E-state index contributed by atoms with van der Waals surface area (Å²) in [5.74, 6) is 0.0897. The van der Waals surface area contributed by atoms with Gasteiger partial charge in [0.25, 0.3) is 5.91 Å². The number of carbonyl (C=O) groups excluding carboxylic acids is 2. The van der Waals surface area contributed by atoms with Gasteiger partial charge in [-0.3, -0.25) is 19.3 Å². The van der Waals surface area contributed by atoms with Crippen LogP contribution in [0.25, 0.3) is 0 Å². The maximum atomic E-state index is 12.7. The molecule has 0 atom stereocenters. The molecule has 2 aromatic heterocycles. The second-order valence-corrected chi connectivity index (χ2v) is 7.15. The minimum atomic E-state index is -0.114. The lowest BCUT2D eigenvalue weighted by Crippen LogP contribution is -2.37. The van der Waals surface area contributed by atoms with Gasteiger partial charge in [0.15, 0.2) is 0 Å². The van der Waals surface area contributed by atoms with Gasteiger partial charge in [0.2, 0.25) is 5.91 Å². The average molecular weight is 368 g/mol. The van der Waals surface area contributed by atoms with Crippen molar-refractivity contribution in [2.75, 3.05) is 19.6 Å². The Morgan fingerprint density at radius 2 is 1.93 bits per heavy atom. The molecule has 0 aromatic carbocycles. The van der Waals surface area contributed by atoms with Gasteiger partial charge >= 0.3 is 0 Å². The number of hydrogen-bond acceptors (Lipinski definition) is 5. The zero-order chi connectivity index (χ0) is 18.8. The number of fused-ring (bicyclic) bond motifs is 1. The number of amides is 2. The summed E-state index contributed by atoms with van der Waals surface area (Å²) in [6.45, 7) is 2.89. The lowest BCUT2D eigenvalue weighted by Gasteiger charge is -2.27. The van der Waals surface area contributed by atoms with Crippen molar-refractivity contribution in [1.82, 2.24) is 29.5 Å². The Hall–Kier alpha value is -2.77. The fraction of sp³-hybridized carbons (Fsp3) is 0.526. The Labute approximate surface area is 158 Å². The van der Waals surface area contributed by atoms with Crippen molar-refractivity contribution < 1.29 is 9.59 Å². The van der Waals surface area contributed by atoms with E-state index in [-0.39, 0.29) is 11.8 Å². The van der Waals surface area contributed by atoms with Gasteiger partial charge in [-0.15, -0.1) is 0 Å². The largest absolute Gasteiger partial charge is 0.343 e. The molecule has 1 fully saturated rings. The SMILES string of the molecule is Cn1nc(CCC(=O)N2CCCC2)c2c1CCN(C(=O)c1cnccn1)C2. The third-order valence-corrected chi connectivity index (χ3v) is 5.43. The normalized spacial score (nSPS) is 16.5. The van der Waals surface area contributed by atoms with Crippen molar-refractivity contribution in [2.45, 2.75) is 38.6 Å². The molecule has 4 heterocycles. The smallest absolute Gasteiger partial charge is 0.274 e. The van der Waals surface area contributed by atoms with E-state index in [4.69, 9.17) is 0 Å². The fourth-order valence-corrected chi connectivity index (χ4v) is 3.97. The summed E-state index contributed by atoms with van der Waals surface area (Å²) in [5.41, 5.74) is 3.52. The molecule has 2 amide bonds. The second-order valence-electron chi connectivity index (χ2n) is 7.15. The van der Waals surface area contributed by atoms with E-state index in [1.807, 2.05) is 16.6 Å². The molecule has 2 aliphatic rings. The van der Waals surface area contributed by atoms with Gasteiger partial charge in [-0.25, -0.2) is 4.98 Å². The predicted molar refractivity (Wildman–Crippen MR) is 97.8 cm³/mol. The monoisotopic (exact) mass is 368 g/mol. The summed E-state index contributed by atoms with van der Waals surface area (Å²) in [5, 5.41) is 4.64. The minimum Gasteiger partial charge on any atom is -0.343 e. The zero-order valence-corrected chi connectivity index (χ0v) is 15.6. The molecule has 0 spiro atoms. The number of rotatable bonds is 4. The van der Waals surface area contributed by atoms with Crippen LogP contribution in [-0.2, 0) is 31.2 Å². The number of carbonyl (C=O) groups is 2. The van der Waals surface area contributed by atoms with Crippen LogP contribution >= 0.6 is 0 Å². The highest BCUT2D eigenvalue weighted by atomic mass is 16.2. The maximum absolute atomic E-state index is 12.7. The molecule has 4 rings (SSSR count). The van der Waals surface area contributed by atoms with Crippen molar-refractivity contribution in [3.05, 3.63) is 41.2 Å². The lowest BCUT2D eigenvalue weighted by atomic mass is 10.0. The minimum absolute atomic E-state index is 0.114. The molecular weight excluding hydrogens is 344 g/mol. The Morgan fingerprint density at radius 1 is 1.11 bits per heavy atom. The topological polar surface area (TPSA) is 84.2 Å². The highest BCUT2D eigenvalue weighted by Crippen LogP contribution is 2.24. The van der Waals surface area contributed by atoms with Crippen LogP contribution in [0.4, 0.5) is 0 Å². The van der Waals surface area contributed by atoms with Crippen LogP contribution in [0, 0.1) is 0 Å². The number of aryl methyl sites for hydroxylation is 2. The molecule has 8 heteroatoms. The van der Waals surface area contributed by atoms with E-state index >= 15 is 0 Å². The molecule has 27 heavy (non-hydrogen) atoms. The summed E-state index contributed by atoms with van der Waals surface area (Å²) in [6.07, 6.45) is 8.63. The third kappa shape index (κ3) is 3.56. The predicted octanol–water partition coefficient (Wildman–Crippen LogP) is 0.964. The van der Waals surface area contributed by atoms with Crippen LogP contribution in [0.1, 0.15) is 46.7 Å².